The van der Waals surface area contributed by atoms with Gasteiger partial charge in [0.25, 0.3) is 0 Å². The maximum Gasteiger partial charge on any atom is 0.220 e. The molecule has 0 spiro atoms. The molecule has 0 saturated carbocycles. The first-order chi connectivity index (χ1) is 7.11. The summed E-state index contributed by atoms with van der Waals surface area (Å²) in [5.41, 5.74) is 2.49. The molecule has 86 valence electrons. The van der Waals surface area contributed by atoms with Crippen molar-refractivity contribution in [1.82, 2.24) is 16.1 Å². The Morgan fingerprint density at radius 2 is 2.47 bits per heavy atom. The van der Waals surface area contributed by atoms with Crippen LogP contribution >= 0.6 is 0 Å². The van der Waals surface area contributed by atoms with E-state index >= 15 is 0 Å². The number of rotatable bonds is 3. The van der Waals surface area contributed by atoms with Crippen molar-refractivity contribution in [3.8, 4) is 0 Å². The molecule has 6 heteroatoms. The second kappa shape index (κ2) is 5.55. The fraction of sp³-hybridized carbons (Fsp3) is 0.778. The normalized spacial score (nSPS) is 21.7. The van der Waals surface area contributed by atoms with Gasteiger partial charge >= 0.3 is 0 Å². The molecule has 0 aromatic heterocycles. The number of nitrogens with one attached hydrogen (secondary N) is 3. The average molecular weight is 213 g/mol. The highest BCUT2D eigenvalue weighted by Gasteiger charge is 2.20. The summed E-state index contributed by atoms with van der Waals surface area (Å²) in [6, 6.07) is 0.424. The molecule has 5 N–H and O–H groups in total. The van der Waals surface area contributed by atoms with Crippen LogP contribution in [0.2, 0.25) is 0 Å². The van der Waals surface area contributed by atoms with Gasteiger partial charge in [0, 0.05) is 18.5 Å². The molecule has 1 aliphatic heterocycles. The SMILES string of the molecule is CC(C)NC(=NCC1CCC(=O)N1)NN. The highest BCUT2D eigenvalue weighted by atomic mass is 16.1. The molecule has 15 heavy (non-hydrogen) atoms. The molecule has 6 nitrogen and oxygen atoms in total. The standard InChI is InChI=1S/C9H19N5O/c1-6(2)12-9(14-10)11-5-7-3-4-8(15)13-7/h6-7H,3-5,10H2,1-2H3,(H,13,15)(H2,11,12,14). The predicted molar refractivity (Wildman–Crippen MR) is 59.1 cm³/mol. The van der Waals surface area contributed by atoms with Gasteiger partial charge in [-0.1, -0.05) is 0 Å². The van der Waals surface area contributed by atoms with Crippen LogP contribution in [0.5, 0.6) is 0 Å². The van der Waals surface area contributed by atoms with Crippen LogP contribution in [0.25, 0.3) is 0 Å². The molecule has 1 amide bonds. The number of hydrazine groups is 1. The number of nitrogens with zero attached hydrogens (tertiary/aromatic N) is 1. The Labute approximate surface area is 89.7 Å². The minimum absolute atomic E-state index is 0.106. The summed E-state index contributed by atoms with van der Waals surface area (Å²) in [7, 11) is 0. The van der Waals surface area contributed by atoms with Gasteiger partial charge in [-0.2, -0.15) is 0 Å². The molecule has 0 aliphatic carbocycles. The molecular formula is C9H19N5O. The predicted octanol–water partition coefficient (Wildman–Crippen LogP) is -0.918. The van der Waals surface area contributed by atoms with Crippen molar-refractivity contribution in [2.24, 2.45) is 10.8 Å². The number of carbonyl (C=O) groups excluding carboxylic acids is 1. The lowest BCUT2D eigenvalue weighted by molar-refractivity contribution is -0.119. The highest BCUT2D eigenvalue weighted by Crippen LogP contribution is 2.06. The number of amides is 1. The third-order valence-electron chi connectivity index (χ3n) is 2.12. The quantitative estimate of drug-likeness (QED) is 0.211. The fourth-order valence-corrected chi connectivity index (χ4v) is 1.42. The zero-order valence-electron chi connectivity index (χ0n) is 9.21. The molecule has 0 aromatic rings. The van der Waals surface area contributed by atoms with E-state index in [1.165, 1.54) is 0 Å². The Morgan fingerprint density at radius 1 is 1.73 bits per heavy atom. The van der Waals surface area contributed by atoms with Crippen molar-refractivity contribution in [2.75, 3.05) is 6.54 Å². The summed E-state index contributed by atoms with van der Waals surface area (Å²) >= 11 is 0. The lowest BCUT2D eigenvalue weighted by Crippen LogP contribution is -2.45. The van der Waals surface area contributed by atoms with Crippen molar-refractivity contribution in [1.29, 1.82) is 0 Å². The van der Waals surface area contributed by atoms with Gasteiger partial charge in [0.1, 0.15) is 0 Å². The van der Waals surface area contributed by atoms with E-state index in [0.29, 0.717) is 18.9 Å². The Bertz CT molecular complexity index is 251. The third-order valence-corrected chi connectivity index (χ3v) is 2.12. The molecule has 0 radical (unpaired) electrons. The topological polar surface area (TPSA) is 91.5 Å². The molecule has 0 aromatic carbocycles. The van der Waals surface area contributed by atoms with Crippen LogP contribution in [0.4, 0.5) is 0 Å². The molecule has 1 fully saturated rings. The lowest BCUT2D eigenvalue weighted by Gasteiger charge is -2.13. The van der Waals surface area contributed by atoms with Crippen LogP contribution in [-0.4, -0.2) is 30.5 Å². The van der Waals surface area contributed by atoms with E-state index in [4.69, 9.17) is 5.84 Å². The minimum Gasteiger partial charge on any atom is -0.353 e. The van der Waals surface area contributed by atoms with Crippen molar-refractivity contribution in [2.45, 2.75) is 38.8 Å². The summed E-state index contributed by atoms with van der Waals surface area (Å²) in [5.74, 6) is 5.97. The zero-order chi connectivity index (χ0) is 11.3. The number of hydrogen-bond acceptors (Lipinski definition) is 3. The van der Waals surface area contributed by atoms with Gasteiger partial charge in [0.2, 0.25) is 11.9 Å². The molecule has 1 heterocycles. The summed E-state index contributed by atoms with van der Waals surface area (Å²) in [5, 5.41) is 5.91. The van der Waals surface area contributed by atoms with Gasteiger partial charge in [0.15, 0.2) is 0 Å². The molecule has 1 saturated heterocycles. The molecule has 1 aliphatic rings. The molecular weight excluding hydrogens is 194 g/mol. The van der Waals surface area contributed by atoms with E-state index < -0.39 is 0 Å². The first-order valence-corrected chi connectivity index (χ1v) is 5.18. The van der Waals surface area contributed by atoms with Gasteiger partial charge in [-0.25, -0.2) is 5.84 Å². The van der Waals surface area contributed by atoms with E-state index in [9.17, 15) is 4.79 Å². The Balaban J connectivity index is 2.36. The van der Waals surface area contributed by atoms with Crippen molar-refractivity contribution >= 4 is 11.9 Å². The van der Waals surface area contributed by atoms with Gasteiger partial charge in [-0.15, -0.1) is 0 Å². The largest absolute Gasteiger partial charge is 0.353 e. The van der Waals surface area contributed by atoms with Crippen molar-refractivity contribution in [3.63, 3.8) is 0 Å². The first kappa shape index (κ1) is 11.8. The minimum atomic E-state index is 0.106. The molecule has 1 unspecified atom stereocenters. The van der Waals surface area contributed by atoms with E-state index in [1.807, 2.05) is 13.8 Å². The summed E-state index contributed by atoms with van der Waals surface area (Å²) in [6.45, 7) is 4.57. The second-order valence-corrected chi connectivity index (χ2v) is 3.94. The van der Waals surface area contributed by atoms with Crippen molar-refractivity contribution < 1.29 is 4.79 Å². The first-order valence-electron chi connectivity index (χ1n) is 5.18. The maximum absolute atomic E-state index is 10.9. The molecule has 1 rings (SSSR count). The zero-order valence-corrected chi connectivity index (χ0v) is 9.21. The molecule has 0 bridgehead atoms. The van der Waals surface area contributed by atoms with Crippen LogP contribution in [0.1, 0.15) is 26.7 Å². The summed E-state index contributed by atoms with van der Waals surface area (Å²) in [6.07, 6.45) is 1.45. The smallest absolute Gasteiger partial charge is 0.220 e. The van der Waals surface area contributed by atoms with Crippen LogP contribution in [0.3, 0.4) is 0 Å². The summed E-state index contributed by atoms with van der Waals surface area (Å²) in [4.78, 5) is 15.2. The van der Waals surface area contributed by atoms with Crippen LogP contribution in [-0.2, 0) is 4.79 Å². The Hall–Kier alpha value is -1.30. The Kier molecular flexibility index (Phi) is 4.36. The van der Waals surface area contributed by atoms with Gasteiger partial charge < -0.3 is 10.6 Å². The van der Waals surface area contributed by atoms with E-state index in [2.05, 4.69) is 21.1 Å². The summed E-state index contributed by atoms with van der Waals surface area (Å²) < 4.78 is 0. The maximum atomic E-state index is 10.9. The van der Waals surface area contributed by atoms with Crippen LogP contribution in [0.15, 0.2) is 4.99 Å². The van der Waals surface area contributed by atoms with E-state index in [-0.39, 0.29) is 18.0 Å². The third kappa shape index (κ3) is 4.16. The highest BCUT2D eigenvalue weighted by molar-refractivity contribution is 5.80. The van der Waals surface area contributed by atoms with Gasteiger partial charge in [0.05, 0.1) is 6.54 Å². The van der Waals surface area contributed by atoms with Crippen LogP contribution < -0.4 is 21.9 Å². The van der Waals surface area contributed by atoms with Crippen LogP contribution in [0, 0.1) is 0 Å². The lowest BCUT2D eigenvalue weighted by atomic mass is 10.2. The monoisotopic (exact) mass is 213 g/mol. The van der Waals surface area contributed by atoms with Crippen molar-refractivity contribution in [3.05, 3.63) is 0 Å². The number of hydrogen-bond donors (Lipinski definition) is 4. The number of aliphatic imine (C=N–C) groups is 1. The average Bonchev–Trinajstić information content (AvgIpc) is 2.58. The number of nitrogens with two attached hydrogens (primary N) is 1. The number of carbonyl (C=O) groups is 1. The molecule has 1 atom stereocenters. The van der Waals surface area contributed by atoms with Gasteiger partial charge in [-0.05, 0) is 20.3 Å². The van der Waals surface area contributed by atoms with E-state index in [0.717, 1.165) is 6.42 Å². The fourth-order valence-electron chi connectivity index (χ4n) is 1.42. The van der Waals surface area contributed by atoms with Gasteiger partial charge in [-0.3, -0.25) is 15.2 Å². The second-order valence-electron chi connectivity index (χ2n) is 3.94. The Morgan fingerprint density at radius 3 is 2.93 bits per heavy atom. The number of guanidine groups is 1. The van der Waals surface area contributed by atoms with E-state index in [1.54, 1.807) is 0 Å².